The first-order chi connectivity index (χ1) is 13.0. The number of hydrogen-bond donors (Lipinski definition) is 0. The van der Waals surface area contributed by atoms with Crippen LogP contribution >= 0.6 is 0 Å². The van der Waals surface area contributed by atoms with Gasteiger partial charge >= 0.3 is 0 Å². The van der Waals surface area contributed by atoms with Crippen molar-refractivity contribution in [2.75, 3.05) is 0 Å². The molecule has 3 rings (SSSR count). The number of hydrogen-bond acceptors (Lipinski definition) is 2. The van der Waals surface area contributed by atoms with Crippen LogP contribution in [0, 0.1) is 35.5 Å². The van der Waals surface area contributed by atoms with E-state index in [1.807, 2.05) is 0 Å². The highest BCUT2D eigenvalue weighted by Crippen LogP contribution is 2.41. The molecule has 4 atom stereocenters. The molecule has 0 aromatic carbocycles. The third kappa shape index (κ3) is 6.43. The van der Waals surface area contributed by atoms with E-state index >= 15 is 0 Å². The summed E-state index contributed by atoms with van der Waals surface area (Å²) in [5, 5.41) is 0. The van der Waals surface area contributed by atoms with Crippen LogP contribution in [0.1, 0.15) is 110 Å². The van der Waals surface area contributed by atoms with E-state index in [9.17, 15) is 9.59 Å². The van der Waals surface area contributed by atoms with Crippen LogP contribution in [0.3, 0.4) is 0 Å². The molecule has 0 heterocycles. The molecule has 3 aliphatic carbocycles. The minimum Gasteiger partial charge on any atom is -0.300 e. The molecular formula is C25H42O2. The van der Waals surface area contributed by atoms with Gasteiger partial charge in [0.25, 0.3) is 0 Å². The lowest BCUT2D eigenvalue weighted by molar-refractivity contribution is -0.123. The third-order valence-corrected chi connectivity index (χ3v) is 7.96. The Morgan fingerprint density at radius 2 is 1.33 bits per heavy atom. The summed E-state index contributed by atoms with van der Waals surface area (Å²) < 4.78 is 0. The molecule has 0 saturated heterocycles. The largest absolute Gasteiger partial charge is 0.300 e. The summed E-state index contributed by atoms with van der Waals surface area (Å²) in [5.74, 6) is 5.10. The van der Waals surface area contributed by atoms with Crippen molar-refractivity contribution in [2.24, 2.45) is 35.5 Å². The monoisotopic (exact) mass is 374 g/mol. The second kappa shape index (κ2) is 10.2. The van der Waals surface area contributed by atoms with Gasteiger partial charge in [0.05, 0.1) is 0 Å². The number of carbonyl (C=O) groups is 2. The Morgan fingerprint density at radius 3 is 1.93 bits per heavy atom. The maximum atomic E-state index is 12.7. The van der Waals surface area contributed by atoms with Crippen molar-refractivity contribution in [3.05, 3.63) is 0 Å². The average Bonchev–Trinajstić information content (AvgIpc) is 2.83. The van der Waals surface area contributed by atoms with Gasteiger partial charge in [-0.15, -0.1) is 0 Å². The van der Waals surface area contributed by atoms with Crippen molar-refractivity contribution in [1.82, 2.24) is 0 Å². The smallest absolute Gasteiger partial charge is 0.135 e. The molecule has 27 heavy (non-hydrogen) atoms. The first kappa shape index (κ1) is 21.1. The summed E-state index contributed by atoms with van der Waals surface area (Å²) >= 11 is 0. The Bertz CT molecular complexity index is 471. The first-order valence-corrected chi connectivity index (χ1v) is 12.1. The average molecular weight is 375 g/mol. The van der Waals surface area contributed by atoms with Gasteiger partial charge in [-0.2, -0.15) is 0 Å². The van der Waals surface area contributed by atoms with Gasteiger partial charge in [0.15, 0.2) is 0 Å². The van der Waals surface area contributed by atoms with Crippen LogP contribution in [0.15, 0.2) is 0 Å². The lowest BCUT2D eigenvalue weighted by Crippen LogP contribution is -2.22. The fourth-order valence-corrected chi connectivity index (χ4v) is 6.71. The second-order valence-electron chi connectivity index (χ2n) is 10.5. The lowest BCUT2D eigenvalue weighted by atomic mass is 9.75. The summed E-state index contributed by atoms with van der Waals surface area (Å²) in [7, 11) is 0. The zero-order valence-electron chi connectivity index (χ0n) is 17.9. The summed E-state index contributed by atoms with van der Waals surface area (Å²) in [6.45, 7) is 4.66. The molecule has 4 unspecified atom stereocenters. The van der Waals surface area contributed by atoms with Gasteiger partial charge in [-0.3, -0.25) is 9.59 Å². The van der Waals surface area contributed by atoms with E-state index in [2.05, 4.69) is 13.8 Å². The maximum Gasteiger partial charge on any atom is 0.135 e. The first-order valence-electron chi connectivity index (χ1n) is 12.1. The topological polar surface area (TPSA) is 34.1 Å². The van der Waals surface area contributed by atoms with Crippen molar-refractivity contribution >= 4 is 11.6 Å². The van der Waals surface area contributed by atoms with Crippen LogP contribution in [-0.4, -0.2) is 11.6 Å². The quantitative estimate of drug-likeness (QED) is 0.493. The molecule has 0 aliphatic heterocycles. The molecule has 2 heteroatoms. The standard InChI is InChI=1S/C25H42O2/c1-18-14-19(2)16-20(15-18)17-24(26)8-5-9-25(27)23-12-10-21-6-3-4-7-22(21)11-13-23/h18-23H,3-17H2,1-2H3. The van der Waals surface area contributed by atoms with Gasteiger partial charge in [-0.05, 0) is 81.0 Å². The molecule has 3 fully saturated rings. The lowest BCUT2D eigenvalue weighted by Gasteiger charge is -2.31. The van der Waals surface area contributed by atoms with E-state index in [4.69, 9.17) is 0 Å². The summed E-state index contributed by atoms with van der Waals surface area (Å²) in [6.07, 6.45) is 17.0. The Balaban J connectivity index is 1.34. The minimum atomic E-state index is 0.297. The zero-order chi connectivity index (χ0) is 19.2. The number of fused-ring (bicyclic) bond motifs is 1. The molecule has 0 amide bonds. The van der Waals surface area contributed by atoms with E-state index in [0.29, 0.717) is 36.2 Å². The number of ketones is 2. The fraction of sp³-hybridized carbons (Fsp3) is 0.920. The van der Waals surface area contributed by atoms with Crippen molar-refractivity contribution in [3.8, 4) is 0 Å². The molecule has 0 aromatic rings. The fourth-order valence-electron chi connectivity index (χ4n) is 6.71. The molecule has 3 aliphatic rings. The highest BCUT2D eigenvalue weighted by atomic mass is 16.1. The Labute approximate surface area is 167 Å². The Morgan fingerprint density at radius 1 is 0.741 bits per heavy atom. The van der Waals surface area contributed by atoms with Crippen molar-refractivity contribution < 1.29 is 9.59 Å². The second-order valence-corrected chi connectivity index (χ2v) is 10.5. The molecular weight excluding hydrogens is 332 g/mol. The van der Waals surface area contributed by atoms with Crippen molar-refractivity contribution in [3.63, 3.8) is 0 Å². The van der Waals surface area contributed by atoms with E-state index in [0.717, 1.165) is 49.4 Å². The van der Waals surface area contributed by atoms with Crippen molar-refractivity contribution in [1.29, 1.82) is 0 Å². The van der Waals surface area contributed by atoms with Gasteiger partial charge in [0.2, 0.25) is 0 Å². The summed E-state index contributed by atoms with van der Waals surface area (Å²) in [6, 6.07) is 0. The molecule has 0 aromatic heterocycles. The highest BCUT2D eigenvalue weighted by Gasteiger charge is 2.31. The third-order valence-electron chi connectivity index (χ3n) is 7.96. The van der Waals surface area contributed by atoms with Gasteiger partial charge in [0.1, 0.15) is 11.6 Å². The molecule has 0 radical (unpaired) electrons. The number of rotatable bonds is 7. The molecule has 0 spiro atoms. The maximum absolute atomic E-state index is 12.7. The summed E-state index contributed by atoms with van der Waals surface area (Å²) in [4.78, 5) is 25.1. The predicted molar refractivity (Wildman–Crippen MR) is 112 cm³/mol. The molecule has 3 saturated carbocycles. The van der Waals surface area contributed by atoms with Crippen LogP contribution < -0.4 is 0 Å². The van der Waals surface area contributed by atoms with Gasteiger partial charge in [-0.25, -0.2) is 0 Å². The van der Waals surface area contributed by atoms with Crippen LogP contribution in [-0.2, 0) is 9.59 Å². The number of carbonyl (C=O) groups excluding carboxylic acids is 2. The van der Waals surface area contributed by atoms with Crippen LogP contribution in [0.4, 0.5) is 0 Å². The minimum absolute atomic E-state index is 0.297. The SMILES string of the molecule is CC1CC(C)CC(CC(=O)CCCC(=O)C2CCC3CCCCC3CC2)C1. The van der Waals surface area contributed by atoms with Crippen molar-refractivity contribution in [2.45, 2.75) is 110 Å². The highest BCUT2D eigenvalue weighted by molar-refractivity contribution is 5.82. The van der Waals surface area contributed by atoms with E-state index < -0.39 is 0 Å². The normalized spacial score (nSPS) is 37.3. The summed E-state index contributed by atoms with van der Waals surface area (Å²) in [5.41, 5.74) is 0. The van der Waals surface area contributed by atoms with E-state index in [-0.39, 0.29) is 0 Å². The van der Waals surface area contributed by atoms with Gasteiger partial charge in [-0.1, -0.05) is 39.5 Å². The molecule has 2 nitrogen and oxygen atoms in total. The van der Waals surface area contributed by atoms with Gasteiger partial charge < -0.3 is 0 Å². The molecule has 0 N–H and O–H groups in total. The Hall–Kier alpha value is -0.660. The molecule has 0 bridgehead atoms. The van der Waals surface area contributed by atoms with Crippen LogP contribution in [0.25, 0.3) is 0 Å². The Kier molecular flexibility index (Phi) is 7.97. The number of Topliss-reactive ketones (excluding diaryl/α,β-unsaturated/α-hetero) is 2. The van der Waals surface area contributed by atoms with Crippen LogP contribution in [0.2, 0.25) is 0 Å². The zero-order valence-corrected chi connectivity index (χ0v) is 17.9. The van der Waals surface area contributed by atoms with E-state index in [1.165, 1.54) is 57.8 Å². The predicted octanol–water partition coefficient (Wildman–Crippen LogP) is 6.75. The van der Waals surface area contributed by atoms with Gasteiger partial charge in [0, 0.05) is 25.2 Å². The molecule has 154 valence electrons. The van der Waals surface area contributed by atoms with E-state index in [1.54, 1.807) is 0 Å². The van der Waals surface area contributed by atoms with Crippen LogP contribution in [0.5, 0.6) is 0 Å².